The van der Waals surface area contributed by atoms with Crippen LogP contribution in [-0.4, -0.2) is 38.0 Å². The fourth-order valence-electron chi connectivity index (χ4n) is 3.53. The summed E-state index contributed by atoms with van der Waals surface area (Å²) >= 11 is 3.34. The third-order valence-corrected chi connectivity index (χ3v) is 6.90. The molecule has 2 bridgehead atoms. The molecule has 2 unspecified atom stereocenters. The highest BCUT2D eigenvalue weighted by Crippen LogP contribution is 2.41. The zero-order valence-electron chi connectivity index (χ0n) is 11.8. The molecule has 2 saturated heterocycles. The highest BCUT2D eigenvalue weighted by atomic mass is 79.9. The molecule has 0 aliphatic carbocycles. The summed E-state index contributed by atoms with van der Waals surface area (Å²) in [5.74, 6) is 0.382. The van der Waals surface area contributed by atoms with Crippen molar-refractivity contribution in [2.24, 2.45) is 5.73 Å². The van der Waals surface area contributed by atoms with Crippen LogP contribution in [0.5, 0.6) is 5.75 Å². The van der Waals surface area contributed by atoms with Crippen LogP contribution in [0.3, 0.4) is 0 Å². The number of piperidine rings is 1. The van der Waals surface area contributed by atoms with Crippen molar-refractivity contribution in [3.63, 3.8) is 0 Å². The number of hydrogen-bond donors (Lipinski definition) is 1. The average Bonchev–Trinajstić information content (AvgIpc) is 2.72. The Morgan fingerprint density at radius 2 is 1.90 bits per heavy atom. The third kappa shape index (κ3) is 2.60. The number of benzene rings is 1. The molecule has 0 spiro atoms. The standard InChI is InChI=1S/C14H19BrN2O3S/c1-20-13-5-2-9(15)6-14(13)21(18,19)17-11-3-4-12(17)8-10(16)7-11/h2,5-6,10-12H,3-4,7-8,16H2,1H3. The monoisotopic (exact) mass is 374 g/mol. The number of fused-ring (bicyclic) bond motifs is 2. The molecule has 21 heavy (non-hydrogen) atoms. The SMILES string of the molecule is COc1ccc(Br)cc1S(=O)(=O)N1C2CCC1CC(N)C2. The minimum atomic E-state index is -3.56. The number of rotatable bonds is 3. The van der Waals surface area contributed by atoms with E-state index in [1.165, 1.54) is 7.11 Å². The first kappa shape index (κ1) is 15.3. The van der Waals surface area contributed by atoms with Gasteiger partial charge in [0.25, 0.3) is 0 Å². The molecular weight excluding hydrogens is 356 g/mol. The van der Waals surface area contributed by atoms with E-state index in [1.807, 2.05) is 0 Å². The first-order valence-electron chi connectivity index (χ1n) is 7.06. The fraction of sp³-hybridized carbons (Fsp3) is 0.571. The summed E-state index contributed by atoms with van der Waals surface area (Å²) in [7, 11) is -2.07. The van der Waals surface area contributed by atoms with Gasteiger partial charge < -0.3 is 10.5 Å². The van der Waals surface area contributed by atoms with E-state index < -0.39 is 10.0 Å². The van der Waals surface area contributed by atoms with Crippen LogP contribution in [0, 0.1) is 0 Å². The molecule has 0 radical (unpaired) electrons. The Hall–Kier alpha value is -0.630. The van der Waals surface area contributed by atoms with Crippen molar-refractivity contribution in [3.05, 3.63) is 22.7 Å². The van der Waals surface area contributed by atoms with Gasteiger partial charge in [-0.25, -0.2) is 8.42 Å². The van der Waals surface area contributed by atoms with Gasteiger partial charge in [-0.05, 0) is 43.9 Å². The van der Waals surface area contributed by atoms with E-state index in [9.17, 15) is 8.42 Å². The first-order chi connectivity index (χ1) is 9.93. The molecule has 2 atom stereocenters. The van der Waals surface area contributed by atoms with Crippen LogP contribution in [0.25, 0.3) is 0 Å². The van der Waals surface area contributed by atoms with Crippen molar-refractivity contribution in [1.29, 1.82) is 0 Å². The number of nitrogens with zero attached hydrogens (tertiary/aromatic N) is 1. The Morgan fingerprint density at radius 3 is 2.48 bits per heavy atom. The van der Waals surface area contributed by atoms with Gasteiger partial charge >= 0.3 is 0 Å². The molecule has 2 aliphatic heterocycles. The number of nitrogens with two attached hydrogens (primary N) is 1. The average molecular weight is 375 g/mol. The molecule has 5 nitrogen and oxygen atoms in total. The summed E-state index contributed by atoms with van der Waals surface area (Å²) in [6.07, 6.45) is 3.28. The summed E-state index contributed by atoms with van der Waals surface area (Å²) in [6, 6.07) is 5.22. The van der Waals surface area contributed by atoms with Crippen LogP contribution in [0.1, 0.15) is 25.7 Å². The van der Waals surface area contributed by atoms with E-state index in [0.29, 0.717) is 5.75 Å². The predicted octanol–water partition coefficient (Wildman–Crippen LogP) is 2.10. The highest BCUT2D eigenvalue weighted by Gasteiger charge is 2.47. The maximum Gasteiger partial charge on any atom is 0.247 e. The van der Waals surface area contributed by atoms with Gasteiger partial charge in [0.2, 0.25) is 10.0 Å². The zero-order chi connectivity index (χ0) is 15.2. The van der Waals surface area contributed by atoms with E-state index in [1.54, 1.807) is 22.5 Å². The Balaban J connectivity index is 2.04. The van der Waals surface area contributed by atoms with Gasteiger partial charge in [0.1, 0.15) is 10.6 Å². The molecular formula is C14H19BrN2O3S. The lowest BCUT2D eigenvalue weighted by atomic mass is 10.0. The number of ether oxygens (including phenoxy) is 1. The molecule has 1 aromatic rings. The summed E-state index contributed by atoms with van der Waals surface area (Å²) in [5, 5.41) is 0. The number of sulfonamides is 1. The van der Waals surface area contributed by atoms with Gasteiger partial charge in [0.05, 0.1) is 7.11 Å². The normalized spacial score (nSPS) is 29.6. The van der Waals surface area contributed by atoms with Crippen molar-refractivity contribution >= 4 is 26.0 Å². The maximum absolute atomic E-state index is 13.1. The summed E-state index contributed by atoms with van der Waals surface area (Å²) in [5.41, 5.74) is 6.03. The molecule has 2 heterocycles. The molecule has 0 amide bonds. The second-order valence-electron chi connectivity index (χ2n) is 5.75. The van der Waals surface area contributed by atoms with Crippen molar-refractivity contribution in [3.8, 4) is 5.75 Å². The third-order valence-electron chi connectivity index (χ3n) is 4.38. The molecule has 2 fully saturated rings. The highest BCUT2D eigenvalue weighted by molar-refractivity contribution is 9.10. The Labute approximate surface area is 133 Å². The lowest BCUT2D eigenvalue weighted by Crippen LogP contribution is -2.50. The van der Waals surface area contributed by atoms with E-state index in [4.69, 9.17) is 10.5 Å². The second kappa shape index (κ2) is 5.53. The topological polar surface area (TPSA) is 72.6 Å². The minimum Gasteiger partial charge on any atom is -0.495 e. The second-order valence-corrected chi connectivity index (χ2v) is 8.47. The van der Waals surface area contributed by atoms with Gasteiger partial charge in [0.15, 0.2) is 0 Å². The van der Waals surface area contributed by atoms with Crippen LogP contribution >= 0.6 is 15.9 Å². The van der Waals surface area contributed by atoms with Crippen LogP contribution in [0.4, 0.5) is 0 Å². The fourth-order valence-corrected chi connectivity index (χ4v) is 6.12. The number of methoxy groups -OCH3 is 1. The summed E-state index contributed by atoms with van der Waals surface area (Å²) in [6.45, 7) is 0. The molecule has 2 N–H and O–H groups in total. The van der Waals surface area contributed by atoms with Gasteiger partial charge in [-0.2, -0.15) is 4.31 Å². The van der Waals surface area contributed by atoms with Gasteiger partial charge in [-0.3, -0.25) is 0 Å². The van der Waals surface area contributed by atoms with Crippen LogP contribution in [-0.2, 0) is 10.0 Å². The van der Waals surface area contributed by atoms with Gasteiger partial charge in [-0.15, -0.1) is 0 Å². The van der Waals surface area contributed by atoms with Gasteiger partial charge in [0, 0.05) is 22.6 Å². The minimum absolute atomic E-state index is 0.0208. The smallest absolute Gasteiger partial charge is 0.247 e. The van der Waals surface area contributed by atoms with Crippen LogP contribution in [0.2, 0.25) is 0 Å². The lowest BCUT2D eigenvalue weighted by molar-refractivity contribution is 0.226. The van der Waals surface area contributed by atoms with Crippen LogP contribution in [0.15, 0.2) is 27.6 Å². The van der Waals surface area contributed by atoms with E-state index in [0.717, 1.165) is 30.2 Å². The zero-order valence-corrected chi connectivity index (χ0v) is 14.2. The molecule has 2 aliphatic rings. The molecule has 3 rings (SSSR count). The lowest BCUT2D eigenvalue weighted by Gasteiger charge is -2.36. The largest absolute Gasteiger partial charge is 0.495 e. The van der Waals surface area contributed by atoms with E-state index >= 15 is 0 Å². The summed E-state index contributed by atoms with van der Waals surface area (Å²) < 4.78 is 33.8. The Kier molecular flexibility index (Phi) is 4.02. The molecule has 0 saturated carbocycles. The van der Waals surface area contributed by atoms with Crippen molar-refractivity contribution in [2.75, 3.05) is 7.11 Å². The Bertz CT molecular complexity index is 636. The summed E-state index contributed by atoms with van der Waals surface area (Å²) in [4.78, 5) is 0.228. The molecule has 0 aromatic heterocycles. The van der Waals surface area contributed by atoms with Crippen molar-refractivity contribution in [2.45, 2.75) is 48.7 Å². The molecule has 7 heteroatoms. The predicted molar refractivity (Wildman–Crippen MR) is 83.7 cm³/mol. The quantitative estimate of drug-likeness (QED) is 0.878. The van der Waals surface area contributed by atoms with Gasteiger partial charge in [-0.1, -0.05) is 15.9 Å². The molecule has 1 aromatic carbocycles. The number of halogens is 1. The van der Waals surface area contributed by atoms with E-state index in [-0.39, 0.29) is 23.0 Å². The molecule has 116 valence electrons. The van der Waals surface area contributed by atoms with Crippen LogP contribution < -0.4 is 10.5 Å². The van der Waals surface area contributed by atoms with Crippen molar-refractivity contribution in [1.82, 2.24) is 4.31 Å². The maximum atomic E-state index is 13.1. The first-order valence-corrected chi connectivity index (χ1v) is 9.29. The van der Waals surface area contributed by atoms with E-state index in [2.05, 4.69) is 15.9 Å². The number of hydrogen-bond acceptors (Lipinski definition) is 4. The Morgan fingerprint density at radius 1 is 1.29 bits per heavy atom. The van der Waals surface area contributed by atoms with Crippen molar-refractivity contribution < 1.29 is 13.2 Å².